The van der Waals surface area contributed by atoms with Crippen molar-refractivity contribution in [1.29, 1.82) is 0 Å². The van der Waals surface area contributed by atoms with E-state index in [1.807, 2.05) is 6.07 Å². The molecule has 3 nitrogen and oxygen atoms in total. The maximum atomic E-state index is 10.3. The average Bonchev–Trinajstić information content (AvgIpc) is 2.50. The molecule has 0 bridgehead atoms. The summed E-state index contributed by atoms with van der Waals surface area (Å²) in [4.78, 5) is 14.3. The van der Waals surface area contributed by atoms with E-state index >= 15 is 0 Å². The molecule has 0 saturated carbocycles. The minimum absolute atomic E-state index is 0.620. The number of nitrogens with zero attached hydrogens (tertiary/aromatic N) is 1. The second kappa shape index (κ2) is 2.34. The van der Waals surface area contributed by atoms with Crippen LogP contribution in [0.3, 0.4) is 0 Å². The molecule has 1 aliphatic rings. The topological polar surface area (TPSA) is 39.2 Å². The number of aldehydes is 1. The number of pyridine rings is 1. The van der Waals surface area contributed by atoms with Gasteiger partial charge in [0.25, 0.3) is 0 Å². The maximum absolute atomic E-state index is 10.3. The molecule has 0 amide bonds. The van der Waals surface area contributed by atoms with Crippen LogP contribution in [0.2, 0.25) is 0 Å². The maximum Gasteiger partial charge on any atom is 0.216 e. The quantitative estimate of drug-likeness (QED) is 0.555. The van der Waals surface area contributed by atoms with Crippen LogP contribution >= 0.6 is 0 Å². The van der Waals surface area contributed by atoms with Gasteiger partial charge in [0.1, 0.15) is 0 Å². The van der Waals surface area contributed by atoms with Gasteiger partial charge in [-0.2, -0.15) is 0 Å². The molecule has 0 atom stereocenters. The molecule has 1 aliphatic heterocycles. The molecule has 1 aromatic heterocycles. The van der Waals surface area contributed by atoms with Crippen LogP contribution in [0.1, 0.15) is 15.9 Å². The first-order chi connectivity index (χ1) is 5.40. The SMILES string of the molecule is O=Cc1cnc2c(c1)CCO2. The lowest BCUT2D eigenvalue weighted by molar-refractivity contribution is 0.112. The lowest BCUT2D eigenvalue weighted by atomic mass is 10.2. The van der Waals surface area contributed by atoms with Crippen molar-refractivity contribution in [2.75, 3.05) is 6.61 Å². The largest absolute Gasteiger partial charge is 0.477 e. The highest BCUT2D eigenvalue weighted by Crippen LogP contribution is 2.21. The van der Waals surface area contributed by atoms with Gasteiger partial charge < -0.3 is 4.74 Å². The Balaban J connectivity index is 2.48. The monoisotopic (exact) mass is 149 g/mol. The van der Waals surface area contributed by atoms with Gasteiger partial charge in [0, 0.05) is 23.7 Å². The molecule has 0 aromatic carbocycles. The summed E-state index contributed by atoms with van der Waals surface area (Å²) in [6.45, 7) is 0.685. The molecule has 0 radical (unpaired) electrons. The Labute approximate surface area is 64.0 Å². The summed E-state index contributed by atoms with van der Waals surface area (Å²) in [6.07, 6.45) is 3.19. The van der Waals surface area contributed by atoms with E-state index in [1.165, 1.54) is 6.20 Å². The highest BCUT2D eigenvalue weighted by molar-refractivity contribution is 5.74. The van der Waals surface area contributed by atoms with E-state index in [-0.39, 0.29) is 0 Å². The molecular formula is C8H7NO2. The average molecular weight is 149 g/mol. The first-order valence-electron chi connectivity index (χ1n) is 3.47. The highest BCUT2D eigenvalue weighted by Gasteiger charge is 2.12. The van der Waals surface area contributed by atoms with Crippen molar-refractivity contribution in [3.05, 3.63) is 23.4 Å². The highest BCUT2D eigenvalue weighted by atomic mass is 16.5. The van der Waals surface area contributed by atoms with Gasteiger partial charge in [-0.25, -0.2) is 4.98 Å². The predicted molar refractivity (Wildman–Crippen MR) is 38.8 cm³/mol. The molecule has 0 fully saturated rings. The van der Waals surface area contributed by atoms with E-state index < -0.39 is 0 Å². The van der Waals surface area contributed by atoms with Crippen molar-refractivity contribution in [2.24, 2.45) is 0 Å². The van der Waals surface area contributed by atoms with Gasteiger partial charge in [-0.3, -0.25) is 4.79 Å². The Hall–Kier alpha value is -1.38. The third-order valence-corrected chi connectivity index (χ3v) is 1.69. The van der Waals surface area contributed by atoms with E-state index in [2.05, 4.69) is 4.98 Å². The predicted octanol–water partition coefficient (Wildman–Crippen LogP) is 0.829. The molecular weight excluding hydrogens is 142 g/mol. The minimum Gasteiger partial charge on any atom is -0.477 e. The van der Waals surface area contributed by atoms with Gasteiger partial charge >= 0.3 is 0 Å². The van der Waals surface area contributed by atoms with Crippen molar-refractivity contribution in [1.82, 2.24) is 4.98 Å². The Bertz CT molecular complexity index is 296. The van der Waals surface area contributed by atoms with Crippen LogP contribution in [0.25, 0.3) is 0 Å². The van der Waals surface area contributed by atoms with Gasteiger partial charge in [0.05, 0.1) is 6.61 Å². The van der Waals surface area contributed by atoms with Crippen molar-refractivity contribution in [3.63, 3.8) is 0 Å². The van der Waals surface area contributed by atoms with Crippen LogP contribution in [0.5, 0.6) is 5.88 Å². The molecule has 3 heteroatoms. The standard InChI is InChI=1S/C8H7NO2/c10-5-6-3-7-1-2-11-8(7)9-4-6/h3-5H,1-2H2. The van der Waals surface area contributed by atoms with Crippen LogP contribution in [-0.2, 0) is 6.42 Å². The molecule has 56 valence electrons. The zero-order chi connectivity index (χ0) is 7.68. The van der Waals surface area contributed by atoms with E-state index in [0.717, 1.165) is 18.3 Å². The molecule has 1 aromatic rings. The normalized spacial score (nSPS) is 13.8. The smallest absolute Gasteiger partial charge is 0.216 e. The van der Waals surface area contributed by atoms with Gasteiger partial charge in [0.15, 0.2) is 6.29 Å². The minimum atomic E-state index is 0.620. The Morgan fingerprint density at radius 3 is 3.36 bits per heavy atom. The molecule has 2 heterocycles. The number of hydrogen-bond donors (Lipinski definition) is 0. The van der Waals surface area contributed by atoms with E-state index in [4.69, 9.17) is 4.74 Å². The van der Waals surface area contributed by atoms with Gasteiger partial charge in [-0.15, -0.1) is 0 Å². The Morgan fingerprint density at radius 1 is 1.64 bits per heavy atom. The summed E-state index contributed by atoms with van der Waals surface area (Å²) in [5.41, 5.74) is 1.66. The molecule has 0 aliphatic carbocycles. The second-order valence-electron chi connectivity index (χ2n) is 2.45. The zero-order valence-electron chi connectivity index (χ0n) is 5.91. The third-order valence-electron chi connectivity index (χ3n) is 1.69. The van der Waals surface area contributed by atoms with E-state index in [1.54, 1.807) is 0 Å². The van der Waals surface area contributed by atoms with Crippen molar-refractivity contribution >= 4 is 6.29 Å². The number of carbonyl (C=O) groups is 1. The first kappa shape index (κ1) is 6.34. The summed E-state index contributed by atoms with van der Waals surface area (Å²) < 4.78 is 5.17. The number of hydrogen-bond acceptors (Lipinski definition) is 3. The molecule has 0 N–H and O–H groups in total. The van der Waals surface area contributed by atoms with Gasteiger partial charge in [-0.1, -0.05) is 0 Å². The summed E-state index contributed by atoms with van der Waals surface area (Å²) >= 11 is 0. The molecule has 0 spiro atoms. The van der Waals surface area contributed by atoms with Crippen LogP contribution in [0, 0.1) is 0 Å². The van der Waals surface area contributed by atoms with Crippen LogP contribution in [-0.4, -0.2) is 17.9 Å². The van der Waals surface area contributed by atoms with E-state index in [9.17, 15) is 4.79 Å². The lowest BCUT2D eigenvalue weighted by Crippen LogP contribution is -1.88. The number of fused-ring (bicyclic) bond motifs is 1. The zero-order valence-corrected chi connectivity index (χ0v) is 5.91. The van der Waals surface area contributed by atoms with Gasteiger partial charge in [0.2, 0.25) is 5.88 Å². The Morgan fingerprint density at radius 2 is 2.55 bits per heavy atom. The Kier molecular flexibility index (Phi) is 1.35. The summed E-state index contributed by atoms with van der Waals surface area (Å²) in [5, 5.41) is 0. The molecule has 2 rings (SSSR count). The van der Waals surface area contributed by atoms with Gasteiger partial charge in [-0.05, 0) is 6.07 Å². The fourth-order valence-electron chi connectivity index (χ4n) is 1.15. The lowest BCUT2D eigenvalue weighted by Gasteiger charge is -1.95. The number of carbonyl (C=O) groups excluding carboxylic acids is 1. The van der Waals surface area contributed by atoms with Crippen LogP contribution < -0.4 is 4.74 Å². The number of rotatable bonds is 1. The van der Waals surface area contributed by atoms with E-state index in [0.29, 0.717) is 18.1 Å². The van der Waals surface area contributed by atoms with Crippen molar-refractivity contribution in [2.45, 2.75) is 6.42 Å². The fourth-order valence-corrected chi connectivity index (χ4v) is 1.15. The number of aromatic nitrogens is 1. The second-order valence-corrected chi connectivity index (χ2v) is 2.45. The first-order valence-corrected chi connectivity index (χ1v) is 3.47. The van der Waals surface area contributed by atoms with Crippen molar-refractivity contribution < 1.29 is 9.53 Å². The third kappa shape index (κ3) is 0.981. The summed E-state index contributed by atoms with van der Waals surface area (Å²) in [6, 6.07) is 1.82. The van der Waals surface area contributed by atoms with Crippen LogP contribution in [0.15, 0.2) is 12.3 Å². The summed E-state index contributed by atoms with van der Waals surface area (Å²) in [7, 11) is 0. The molecule has 0 saturated heterocycles. The van der Waals surface area contributed by atoms with Crippen molar-refractivity contribution in [3.8, 4) is 5.88 Å². The summed E-state index contributed by atoms with van der Waals surface area (Å²) in [5.74, 6) is 0.676. The molecule has 0 unspecified atom stereocenters. The van der Waals surface area contributed by atoms with Crippen LogP contribution in [0.4, 0.5) is 0 Å². The number of ether oxygens (including phenoxy) is 1. The molecule has 11 heavy (non-hydrogen) atoms. The fraction of sp³-hybridized carbons (Fsp3) is 0.250.